The fourth-order valence-corrected chi connectivity index (χ4v) is 6.02. The number of nitrogen functional groups attached to an aromatic ring is 1. The monoisotopic (exact) mass is 561 g/mol. The molecule has 3 aromatic carbocycles. The molecule has 0 bridgehead atoms. The largest absolute Gasteiger partial charge is 0.497 e. The topological polar surface area (TPSA) is 101 Å². The molecule has 0 aromatic heterocycles. The molecule has 0 saturated carbocycles. The normalized spacial score (nSPS) is 10.5. The minimum absolute atomic E-state index is 0.190. The van der Waals surface area contributed by atoms with Crippen LogP contribution in [0.25, 0.3) is 0 Å². The zero-order valence-electron chi connectivity index (χ0n) is 22.8. The number of nitrogens with two attached hydrogens (primary N) is 1. The van der Waals surface area contributed by atoms with Gasteiger partial charge in [-0.15, -0.1) is 0 Å². The summed E-state index contributed by atoms with van der Waals surface area (Å²) in [6.45, 7) is 5.14. The Bertz CT molecular complexity index is 1310. The highest BCUT2D eigenvalue weighted by molar-refractivity contribution is 8.02. The quantitative estimate of drug-likeness (QED) is 0.146. The van der Waals surface area contributed by atoms with Crippen molar-refractivity contribution < 1.29 is 14.2 Å². The van der Waals surface area contributed by atoms with E-state index >= 15 is 0 Å². The highest BCUT2D eigenvalue weighted by Crippen LogP contribution is 2.53. The highest BCUT2D eigenvalue weighted by Gasteiger charge is 2.28. The highest BCUT2D eigenvalue weighted by atomic mass is 32.2. The van der Waals surface area contributed by atoms with Gasteiger partial charge in [0.1, 0.15) is 29.0 Å². The van der Waals surface area contributed by atoms with Crippen LogP contribution in [0.5, 0.6) is 17.2 Å². The number of rotatable bonds is 15. The molecule has 0 radical (unpaired) electrons. The molecule has 0 spiro atoms. The van der Waals surface area contributed by atoms with Crippen molar-refractivity contribution in [2.75, 3.05) is 26.1 Å². The second-order valence-corrected chi connectivity index (χ2v) is 11.0. The number of benzene rings is 3. The van der Waals surface area contributed by atoms with Crippen molar-refractivity contribution in [1.29, 1.82) is 10.5 Å². The number of unbranched alkanes of at least 4 members (excludes halogenated alkanes) is 4. The molecule has 2 N–H and O–H groups in total. The lowest BCUT2D eigenvalue weighted by Crippen LogP contribution is -2.08. The van der Waals surface area contributed by atoms with Crippen LogP contribution in [-0.4, -0.2) is 20.3 Å². The third-order valence-electron chi connectivity index (χ3n) is 5.95. The lowest BCUT2D eigenvalue weighted by atomic mass is 10.1. The van der Waals surface area contributed by atoms with Gasteiger partial charge in [0.2, 0.25) is 0 Å². The molecular weight excluding hydrogens is 526 g/mol. The Morgan fingerprint density at radius 2 is 1.28 bits per heavy atom. The zero-order chi connectivity index (χ0) is 28.0. The molecule has 0 atom stereocenters. The van der Waals surface area contributed by atoms with Gasteiger partial charge < -0.3 is 19.9 Å². The van der Waals surface area contributed by atoms with E-state index < -0.39 is 0 Å². The summed E-state index contributed by atoms with van der Waals surface area (Å²) in [5.74, 6) is 1.55. The first-order valence-corrected chi connectivity index (χ1v) is 14.8. The summed E-state index contributed by atoms with van der Waals surface area (Å²) in [7, 11) is 1.63. The number of hydrogen-bond acceptors (Lipinski definition) is 8. The minimum atomic E-state index is 0.190. The van der Waals surface area contributed by atoms with E-state index in [0.717, 1.165) is 59.0 Å². The van der Waals surface area contributed by atoms with Crippen LogP contribution in [0.2, 0.25) is 0 Å². The van der Waals surface area contributed by atoms with Crippen LogP contribution < -0.4 is 19.9 Å². The van der Waals surface area contributed by atoms with Gasteiger partial charge in [0.25, 0.3) is 0 Å². The second-order valence-electron chi connectivity index (χ2n) is 8.82. The Labute approximate surface area is 240 Å². The summed E-state index contributed by atoms with van der Waals surface area (Å²) < 4.78 is 17.9. The number of nitriles is 2. The molecule has 0 unspecified atom stereocenters. The van der Waals surface area contributed by atoms with Crippen LogP contribution >= 0.6 is 23.5 Å². The van der Waals surface area contributed by atoms with E-state index in [4.69, 9.17) is 19.9 Å². The molecule has 0 heterocycles. The van der Waals surface area contributed by atoms with Crippen LogP contribution in [0.15, 0.2) is 68.1 Å². The Balaban J connectivity index is 2.25. The molecule has 3 rings (SSSR count). The molecule has 6 nitrogen and oxygen atoms in total. The maximum atomic E-state index is 10.3. The van der Waals surface area contributed by atoms with Gasteiger partial charge in [-0.2, -0.15) is 10.5 Å². The third-order valence-corrected chi connectivity index (χ3v) is 8.36. The number of methoxy groups -OCH3 is 1. The summed E-state index contributed by atoms with van der Waals surface area (Å²) in [5.41, 5.74) is 7.34. The van der Waals surface area contributed by atoms with Crippen molar-refractivity contribution in [3.05, 3.63) is 59.7 Å². The number of para-hydroxylation sites is 1. The van der Waals surface area contributed by atoms with Gasteiger partial charge in [0.05, 0.1) is 30.1 Å². The maximum Gasteiger partial charge on any atom is 0.153 e. The molecule has 8 heteroatoms. The predicted molar refractivity (Wildman–Crippen MR) is 158 cm³/mol. The smallest absolute Gasteiger partial charge is 0.153 e. The van der Waals surface area contributed by atoms with Gasteiger partial charge >= 0.3 is 0 Å². The summed E-state index contributed by atoms with van der Waals surface area (Å²) in [6, 6.07) is 19.8. The first-order chi connectivity index (χ1) is 19.1. The summed E-state index contributed by atoms with van der Waals surface area (Å²) in [6.07, 6.45) is 5.80. The van der Waals surface area contributed by atoms with E-state index in [-0.39, 0.29) is 11.1 Å². The third kappa shape index (κ3) is 8.02. The Morgan fingerprint density at radius 3 is 1.77 bits per heavy atom. The van der Waals surface area contributed by atoms with Gasteiger partial charge in [0.15, 0.2) is 11.5 Å². The van der Waals surface area contributed by atoms with Gasteiger partial charge in [-0.3, -0.25) is 0 Å². The molecule has 39 heavy (non-hydrogen) atoms. The van der Waals surface area contributed by atoms with Crippen LogP contribution in [0.1, 0.15) is 63.5 Å². The Hall–Kier alpha value is -3.46. The molecule has 0 aliphatic rings. The number of hydrogen-bond donors (Lipinski definition) is 1. The average Bonchev–Trinajstić information content (AvgIpc) is 2.96. The fourth-order valence-electron chi connectivity index (χ4n) is 3.83. The molecule has 0 fully saturated rings. The maximum absolute atomic E-state index is 10.3. The lowest BCUT2D eigenvalue weighted by molar-refractivity contribution is 0.284. The van der Waals surface area contributed by atoms with E-state index in [2.05, 4.69) is 26.0 Å². The minimum Gasteiger partial charge on any atom is -0.497 e. The lowest BCUT2D eigenvalue weighted by Gasteiger charge is -2.22. The van der Waals surface area contributed by atoms with Crippen LogP contribution in [-0.2, 0) is 0 Å². The van der Waals surface area contributed by atoms with E-state index in [1.54, 1.807) is 7.11 Å². The van der Waals surface area contributed by atoms with Gasteiger partial charge in [-0.1, -0.05) is 75.2 Å². The van der Waals surface area contributed by atoms with E-state index in [1.165, 1.54) is 23.5 Å². The Morgan fingerprint density at radius 1 is 0.744 bits per heavy atom. The predicted octanol–water partition coefficient (Wildman–Crippen LogP) is 8.46. The Kier molecular flexibility index (Phi) is 12.2. The van der Waals surface area contributed by atoms with Crippen molar-refractivity contribution >= 4 is 29.2 Å². The number of ether oxygens (including phenoxy) is 3. The van der Waals surface area contributed by atoms with Gasteiger partial charge in [0, 0.05) is 15.5 Å². The molecule has 3 aromatic rings. The summed E-state index contributed by atoms with van der Waals surface area (Å²) in [5, 5.41) is 20.5. The van der Waals surface area contributed by atoms with Gasteiger partial charge in [-0.25, -0.2) is 0 Å². The molecule has 0 aliphatic heterocycles. The van der Waals surface area contributed by atoms with Crippen molar-refractivity contribution in [1.82, 2.24) is 0 Å². The second kappa shape index (κ2) is 15.8. The summed E-state index contributed by atoms with van der Waals surface area (Å²) >= 11 is 2.90. The summed E-state index contributed by atoms with van der Waals surface area (Å²) in [4.78, 5) is 3.21. The molecular formula is C31H35N3O3S2. The van der Waals surface area contributed by atoms with Crippen molar-refractivity contribution in [3.8, 4) is 29.4 Å². The fraction of sp³-hybridized carbons (Fsp3) is 0.355. The van der Waals surface area contributed by atoms with Crippen LogP contribution in [0, 0.1) is 22.7 Å². The van der Waals surface area contributed by atoms with Crippen LogP contribution in [0.4, 0.5) is 5.69 Å². The van der Waals surface area contributed by atoms with E-state index in [0.29, 0.717) is 35.3 Å². The van der Waals surface area contributed by atoms with E-state index in [1.807, 2.05) is 48.5 Å². The zero-order valence-corrected chi connectivity index (χ0v) is 24.4. The van der Waals surface area contributed by atoms with Crippen molar-refractivity contribution in [2.45, 2.75) is 72.0 Å². The van der Waals surface area contributed by atoms with Crippen molar-refractivity contribution in [3.63, 3.8) is 0 Å². The molecule has 204 valence electrons. The molecule has 0 saturated heterocycles. The average molecular weight is 562 g/mol. The molecule has 0 amide bonds. The van der Waals surface area contributed by atoms with Gasteiger partial charge in [-0.05, 0) is 49.2 Å². The first-order valence-electron chi connectivity index (χ1n) is 13.2. The first kappa shape index (κ1) is 30.1. The SMILES string of the molecule is CCCCCOc1c(C#N)c(C#N)c(OCCCCC)c(Sc2ccccc2N)c1Sc1ccc(OC)cc1. The van der Waals surface area contributed by atoms with Crippen molar-refractivity contribution in [2.24, 2.45) is 0 Å². The van der Waals surface area contributed by atoms with E-state index in [9.17, 15) is 10.5 Å². The van der Waals surface area contributed by atoms with Crippen LogP contribution in [0.3, 0.4) is 0 Å². The number of anilines is 1. The standard InChI is InChI=1S/C31H35N3O3S2/c1-4-6-10-18-36-28-24(20-32)25(21-33)29(37-19-11-7-5-2)31(39-27-13-9-8-12-26(27)34)30(28)38-23-16-14-22(35-3)15-17-23/h8-9,12-17H,4-7,10-11,18-19,34H2,1-3H3. The molecule has 0 aliphatic carbocycles. The number of nitrogens with zero attached hydrogens (tertiary/aromatic N) is 2.